The lowest BCUT2D eigenvalue weighted by Crippen LogP contribution is -2.29. The van der Waals surface area contributed by atoms with Crippen molar-refractivity contribution in [3.8, 4) is 0 Å². The van der Waals surface area contributed by atoms with Crippen molar-refractivity contribution in [3.05, 3.63) is 0 Å². The molecular weight excluding hydrogens is 296 g/mol. The highest BCUT2D eigenvalue weighted by Gasteiger charge is 2.27. The zero-order valence-electron chi connectivity index (χ0n) is 13.7. The topological polar surface area (TPSA) is 74.3 Å². The first-order chi connectivity index (χ1) is 8.97. The fourth-order valence-corrected chi connectivity index (χ4v) is 3.39. The lowest BCUT2D eigenvalue weighted by Gasteiger charge is -2.15. The molecule has 6 heteroatoms. The summed E-state index contributed by atoms with van der Waals surface area (Å²) >= 11 is 0. The third-order valence-electron chi connectivity index (χ3n) is 2.74. The Bertz CT molecular complexity index is 352. The van der Waals surface area contributed by atoms with Crippen molar-refractivity contribution < 1.29 is 17.8 Å². The molecule has 0 bridgehead atoms. The Kier molecular flexibility index (Phi) is 11.8. The van der Waals surface area contributed by atoms with Gasteiger partial charge in [0, 0.05) is 11.2 Å². The molecule has 0 spiro atoms. The molecule has 0 atom stereocenters. The fourth-order valence-electron chi connectivity index (χ4n) is 1.13. The zero-order valence-corrected chi connectivity index (χ0v) is 15.3. The van der Waals surface area contributed by atoms with Crippen molar-refractivity contribution in [2.75, 3.05) is 23.0 Å². The van der Waals surface area contributed by atoms with Gasteiger partial charge in [-0.2, -0.15) is 0 Å². The maximum absolute atomic E-state index is 11.6. The number of carbonyl (C=O) groups excluding carboxylic acids is 1. The van der Waals surface area contributed by atoms with Gasteiger partial charge in [-0.3, -0.25) is 4.79 Å². The second kappa shape index (κ2) is 10.6. The minimum atomic E-state index is -3.94. The molecule has 0 N–H and O–H groups in total. The summed E-state index contributed by atoms with van der Waals surface area (Å²) in [5.41, 5.74) is -0.143. The second-order valence-corrected chi connectivity index (χ2v) is 9.81. The molecule has 0 unspecified atom stereocenters. The second-order valence-electron chi connectivity index (χ2n) is 5.62. The first-order valence-corrected chi connectivity index (χ1v) is 10.4. The zero-order chi connectivity index (χ0) is 16.4. The summed E-state index contributed by atoms with van der Waals surface area (Å²) in [4.78, 5) is 11.6. The van der Waals surface area contributed by atoms with Crippen LogP contribution in [0.5, 0.6) is 0 Å². The summed E-state index contributed by atoms with van der Waals surface area (Å²) in [5.74, 6) is 3.28. The number of ketones is 1. The van der Waals surface area contributed by atoms with Gasteiger partial charge in [0.15, 0.2) is 11.5 Å². The molecule has 0 amide bonds. The van der Waals surface area contributed by atoms with Gasteiger partial charge < -0.3 is 4.55 Å². The molecule has 0 aliphatic rings. The number of unbranched alkanes of at least 4 members (excludes halogenated alkanes) is 1. The van der Waals surface area contributed by atoms with E-state index in [-0.39, 0.29) is 11.2 Å². The quantitative estimate of drug-likeness (QED) is 0.532. The number of carbonyl (C=O) groups is 1. The fraction of sp³-hybridized carbons (Fsp3) is 0.929. The van der Waals surface area contributed by atoms with Gasteiger partial charge in [0.1, 0.15) is 11.5 Å². The molecular formula is C14H30O4S2. The van der Waals surface area contributed by atoms with Crippen LogP contribution in [0.4, 0.5) is 0 Å². The first-order valence-electron chi connectivity index (χ1n) is 7.08. The van der Waals surface area contributed by atoms with Crippen LogP contribution in [0, 0.1) is 5.41 Å². The summed E-state index contributed by atoms with van der Waals surface area (Å²) in [5, 5.41) is 0. The van der Waals surface area contributed by atoms with Crippen LogP contribution < -0.4 is 0 Å². The standard InChI is InChI=1S/C10H21OS.C4H10O3S/c1-6-12(7-2)8-9(11)10(3,4)5;1-2-3-4-8(5,6)7/h6-8H2,1-5H3;2-4H2,1H3,(H,5,6,7)/q+1;/p-1. The van der Waals surface area contributed by atoms with Crippen molar-refractivity contribution in [1.82, 2.24) is 0 Å². The van der Waals surface area contributed by atoms with E-state index in [9.17, 15) is 17.8 Å². The van der Waals surface area contributed by atoms with Crippen molar-refractivity contribution >= 4 is 26.8 Å². The Morgan fingerprint density at radius 2 is 1.55 bits per heavy atom. The van der Waals surface area contributed by atoms with E-state index in [1.807, 2.05) is 27.7 Å². The van der Waals surface area contributed by atoms with Crippen molar-refractivity contribution in [2.24, 2.45) is 5.41 Å². The van der Waals surface area contributed by atoms with Crippen LogP contribution in [0.1, 0.15) is 54.4 Å². The van der Waals surface area contributed by atoms with Crippen molar-refractivity contribution in [1.29, 1.82) is 0 Å². The van der Waals surface area contributed by atoms with Crippen LogP contribution in [0.2, 0.25) is 0 Å². The average molecular weight is 327 g/mol. The van der Waals surface area contributed by atoms with E-state index in [1.165, 1.54) is 0 Å². The smallest absolute Gasteiger partial charge is 0.187 e. The van der Waals surface area contributed by atoms with Gasteiger partial charge in [-0.05, 0) is 31.2 Å². The molecule has 0 aliphatic heterocycles. The van der Waals surface area contributed by atoms with Crippen LogP contribution in [0.3, 0.4) is 0 Å². The Hall–Kier alpha value is -0.0700. The van der Waals surface area contributed by atoms with Crippen LogP contribution in [-0.4, -0.2) is 41.8 Å². The summed E-state index contributed by atoms with van der Waals surface area (Å²) in [6.07, 6.45) is 1.23. The highest BCUT2D eigenvalue weighted by atomic mass is 32.2. The van der Waals surface area contributed by atoms with Crippen LogP contribution >= 0.6 is 0 Å². The normalized spacial score (nSPS) is 12.0. The number of rotatable bonds is 7. The van der Waals surface area contributed by atoms with E-state index in [1.54, 1.807) is 0 Å². The largest absolute Gasteiger partial charge is 0.748 e. The van der Waals surface area contributed by atoms with Gasteiger partial charge in [-0.1, -0.05) is 34.1 Å². The molecule has 4 nitrogen and oxygen atoms in total. The lowest BCUT2D eigenvalue weighted by molar-refractivity contribution is -0.123. The minimum absolute atomic E-state index is 0.143. The maximum Gasteiger partial charge on any atom is 0.187 e. The highest BCUT2D eigenvalue weighted by molar-refractivity contribution is 7.97. The summed E-state index contributed by atoms with van der Waals surface area (Å²) < 4.78 is 29.5. The Labute approximate surface area is 127 Å². The molecule has 122 valence electrons. The number of hydrogen-bond donors (Lipinski definition) is 0. The molecule has 0 fully saturated rings. The first kappa shape index (κ1) is 22.2. The van der Waals surface area contributed by atoms with Crippen molar-refractivity contribution in [2.45, 2.75) is 54.4 Å². The summed E-state index contributed by atoms with van der Waals surface area (Å²) in [6.45, 7) is 12.2. The molecule has 20 heavy (non-hydrogen) atoms. The summed E-state index contributed by atoms with van der Waals surface area (Å²) in [6, 6.07) is 0. The molecule has 0 saturated carbocycles. The highest BCUT2D eigenvalue weighted by Crippen LogP contribution is 2.16. The third kappa shape index (κ3) is 14.3. The monoisotopic (exact) mass is 326 g/mol. The van der Waals surface area contributed by atoms with Gasteiger partial charge in [-0.25, -0.2) is 8.42 Å². The van der Waals surface area contributed by atoms with E-state index < -0.39 is 10.1 Å². The molecule has 0 aromatic rings. The van der Waals surface area contributed by atoms with E-state index in [0.717, 1.165) is 23.7 Å². The summed E-state index contributed by atoms with van der Waals surface area (Å²) in [7, 11) is -3.60. The average Bonchev–Trinajstić information content (AvgIpc) is 2.31. The molecule has 0 radical (unpaired) electrons. The predicted octanol–water partition coefficient (Wildman–Crippen LogP) is 2.59. The molecule has 0 aromatic heterocycles. The molecule has 0 aromatic carbocycles. The van der Waals surface area contributed by atoms with Crippen molar-refractivity contribution in [3.63, 3.8) is 0 Å². The third-order valence-corrected chi connectivity index (χ3v) is 5.83. The van der Waals surface area contributed by atoms with E-state index in [0.29, 0.717) is 23.1 Å². The number of hydrogen-bond acceptors (Lipinski definition) is 4. The molecule has 0 aliphatic carbocycles. The van der Waals surface area contributed by atoms with Crippen LogP contribution in [0.15, 0.2) is 0 Å². The van der Waals surface area contributed by atoms with Crippen LogP contribution in [0.25, 0.3) is 0 Å². The minimum Gasteiger partial charge on any atom is -0.748 e. The molecule has 0 rings (SSSR count). The van der Waals surface area contributed by atoms with Crippen LogP contribution in [-0.2, 0) is 25.8 Å². The van der Waals surface area contributed by atoms with Gasteiger partial charge in [0.05, 0.1) is 10.1 Å². The van der Waals surface area contributed by atoms with E-state index >= 15 is 0 Å². The molecule has 0 saturated heterocycles. The Morgan fingerprint density at radius 3 is 1.75 bits per heavy atom. The van der Waals surface area contributed by atoms with Gasteiger partial charge in [0.25, 0.3) is 0 Å². The Balaban J connectivity index is 0. The van der Waals surface area contributed by atoms with Gasteiger partial charge in [-0.15, -0.1) is 0 Å². The SMILES string of the molecule is CCCCS(=O)(=O)[O-].CC[S+](CC)CC(=O)C(C)(C)C. The molecule has 0 heterocycles. The van der Waals surface area contributed by atoms with Gasteiger partial charge in [0.2, 0.25) is 0 Å². The van der Waals surface area contributed by atoms with Gasteiger partial charge >= 0.3 is 0 Å². The lowest BCUT2D eigenvalue weighted by atomic mass is 9.92. The van der Waals surface area contributed by atoms with E-state index in [4.69, 9.17) is 0 Å². The maximum atomic E-state index is 11.6. The predicted molar refractivity (Wildman–Crippen MR) is 87.2 cm³/mol. The number of Topliss-reactive ketones (excluding diaryl/α,β-unsaturated/α-hetero) is 1. The van der Waals surface area contributed by atoms with E-state index in [2.05, 4.69) is 13.8 Å². The Morgan fingerprint density at radius 1 is 1.10 bits per heavy atom.